The molecule has 0 atom stereocenters. The first kappa shape index (κ1) is 14.8. The summed E-state index contributed by atoms with van der Waals surface area (Å²) in [5.74, 6) is 1.49. The molecule has 0 heterocycles. The van der Waals surface area contributed by atoms with Gasteiger partial charge in [0.2, 0.25) is 0 Å². The predicted molar refractivity (Wildman–Crippen MR) is 78.4 cm³/mol. The van der Waals surface area contributed by atoms with Gasteiger partial charge in [-0.3, -0.25) is 0 Å². The average molecular weight is 250 g/mol. The van der Waals surface area contributed by atoms with Crippen LogP contribution in [-0.2, 0) is 0 Å². The number of benzene rings is 1. The quantitative estimate of drug-likeness (QED) is 0.695. The van der Waals surface area contributed by atoms with Crippen molar-refractivity contribution in [3.63, 3.8) is 0 Å². The molecule has 3 nitrogen and oxygen atoms in total. The summed E-state index contributed by atoms with van der Waals surface area (Å²) in [7, 11) is 0. The minimum Gasteiger partial charge on any atom is -0.493 e. The van der Waals surface area contributed by atoms with E-state index in [-0.39, 0.29) is 0 Å². The molecule has 102 valence electrons. The van der Waals surface area contributed by atoms with E-state index in [9.17, 15) is 0 Å². The topological polar surface area (TPSA) is 33.3 Å². The first-order valence-electron chi connectivity index (χ1n) is 6.78. The van der Waals surface area contributed by atoms with E-state index in [0.29, 0.717) is 12.0 Å². The maximum atomic E-state index is 5.70. The van der Waals surface area contributed by atoms with Crippen molar-refractivity contribution in [3.05, 3.63) is 24.3 Å². The van der Waals surface area contributed by atoms with Crippen molar-refractivity contribution < 1.29 is 4.74 Å². The Bertz CT molecular complexity index is 337. The van der Waals surface area contributed by atoms with E-state index in [1.54, 1.807) is 0 Å². The molecule has 18 heavy (non-hydrogen) atoms. The van der Waals surface area contributed by atoms with Crippen LogP contribution in [0.25, 0.3) is 0 Å². The van der Waals surface area contributed by atoms with Gasteiger partial charge in [0.25, 0.3) is 0 Å². The molecule has 0 fully saturated rings. The van der Waals surface area contributed by atoms with Crippen molar-refractivity contribution in [1.29, 1.82) is 0 Å². The Kier molecular flexibility index (Phi) is 6.58. The van der Waals surface area contributed by atoms with Crippen LogP contribution < -0.4 is 15.4 Å². The van der Waals surface area contributed by atoms with Gasteiger partial charge in [-0.25, -0.2) is 0 Å². The average Bonchev–Trinajstić information content (AvgIpc) is 2.32. The van der Waals surface area contributed by atoms with E-state index in [4.69, 9.17) is 4.74 Å². The molecule has 1 aromatic carbocycles. The Labute approximate surface area is 111 Å². The van der Waals surface area contributed by atoms with Crippen LogP contribution in [0, 0.1) is 5.92 Å². The van der Waals surface area contributed by atoms with Gasteiger partial charge in [-0.2, -0.15) is 0 Å². The second-order valence-electron chi connectivity index (χ2n) is 5.27. The highest BCUT2D eigenvalue weighted by molar-refractivity contribution is 5.48. The van der Waals surface area contributed by atoms with Crippen molar-refractivity contribution in [2.75, 3.05) is 25.0 Å². The molecule has 0 aliphatic carbocycles. The molecule has 1 aromatic rings. The Morgan fingerprint density at radius 1 is 1.11 bits per heavy atom. The van der Waals surface area contributed by atoms with Gasteiger partial charge in [-0.15, -0.1) is 0 Å². The van der Waals surface area contributed by atoms with E-state index >= 15 is 0 Å². The summed E-state index contributed by atoms with van der Waals surface area (Å²) in [5, 5.41) is 6.76. The lowest BCUT2D eigenvalue weighted by molar-refractivity contribution is 0.271. The smallest absolute Gasteiger partial charge is 0.121 e. The first-order chi connectivity index (χ1) is 8.58. The molecule has 0 saturated carbocycles. The van der Waals surface area contributed by atoms with Gasteiger partial charge in [0.05, 0.1) is 6.61 Å². The second-order valence-corrected chi connectivity index (χ2v) is 5.27. The van der Waals surface area contributed by atoms with Crippen LogP contribution in [0.4, 0.5) is 5.69 Å². The van der Waals surface area contributed by atoms with Crippen molar-refractivity contribution in [3.8, 4) is 5.75 Å². The number of rotatable bonds is 8. The van der Waals surface area contributed by atoms with Gasteiger partial charge < -0.3 is 15.4 Å². The van der Waals surface area contributed by atoms with Gasteiger partial charge >= 0.3 is 0 Å². The zero-order valence-corrected chi connectivity index (χ0v) is 12.0. The fraction of sp³-hybridized carbons (Fsp3) is 0.600. The summed E-state index contributed by atoms with van der Waals surface area (Å²) in [5.41, 5.74) is 1.11. The highest BCUT2D eigenvalue weighted by Crippen LogP contribution is 2.17. The van der Waals surface area contributed by atoms with Crippen LogP contribution >= 0.6 is 0 Å². The number of hydrogen-bond donors (Lipinski definition) is 2. The van der Waals surface area contributed by atoms with Gasteiger partial charge in [-0.1, -0.05) is 33.8 Å². The van der Waals surface area contributed by atoms with E-state index in [0.717, 1.165) is 31.1 Å². The third-order valence-corrected chi connectivity index (χ3v) is 2.42. The fourth-order valence-electron chi connectivity index (χ4n) is 1.53. The molecule has 0 radical (unpaired) electrons. The van der Waals surface area contributed by atoms with Crippen LogP contribution in [-0.4, -0.2) is 25.7 Å². The summed E-state index contributed by atoms with van der Waals surface area (Å²) in [4.78, 5) is 0. The van der Waals surface area contributed by atoms with Crippen molar-refractivity contribution in [2.24, 2.45) is 5.92 Å². The number of hydrogen-bond acceptors (Lipinski definition) is 3. The SMILES string of the molecule is CC(C)COc1cccc(NCCNC(C)C)c1. The van der Waals surface area contributed by atoms with Crippen molar-refractivity contribution in [1.82, 2.24) is 5.32 Å². The molecule has 0 unspecified atom stereocenters. The molecule has 0 aliphatic heterocycles. The van der Waals surface area contributed by atoms with Gasteiger partial charge in [0.1, 0.15) is 5.75 Å². The lowest BCUT2D eigenvalue weighted by atomic mass is 10.2. The number of ether oxygens (including phenoxy) is 1. The van der Waals surface area contributed by atoms with Crippen molar-refractivity contribution >= 4 is 5.69 Å². The highest BCUT2D eigenvalue weighted by Gasteiger charge is 1.99. The highest BCUT2D eigenvalue weighted by atomic mass is 16.5. The summed E-state index contributed by atoms with van der Waals surface area (Å²) in [6.45, 7) is 11.3. The lowest BCUT2D eigenvalue weighted by Crippen LogP contribution is -2.28. The minimum absolute atomic E-state index is 0.535. The summed E-state index contributed by atoms with van der Waals surface area (Å²) in [6, 6.07) is 8.68. The maximum Gasteiger partial charge on any atom is 0.121 e. The molecule has 0 spiro atoms. The zero-order chi connectivity index (χ0) is 13.4. The summed E-state index contributed by atoms with van der Waals surface area (Å²) >= 11 is 0. The molecular formula is C15H26N2O. The minimum atomic E-state index is 0.535. The Hall–Kier alpha value is -1.22. The number of anilines is 1. The largest absolute Gasteiger partial charge is 0.493 e. The molecular weight excluding hydrogens is 224 g/mol. The monoisotopic (exact) mass is 250 g/mol. The molecule has 1 rings (SSSR count). The molecule has 0 aromatic heterocycles. The van der Waals surface area contributed by atoms with Crippen LogP contribution in [0.2, 0.25) is 0 Å². The molecule has 0 amide bonds. The third kappa shape index (κ3) is 6.50. The third-order valence-electron chi connectivity index (χ3n) is 2.42. The maximum absolute atomic E-state index is 5.70. The summed E-state index contributed by atoms with van der Waals surface area (Å²) < 4.78 is 5.70. The normalized spacial score (nSPS) is 11.0. The standard InChI is InChI=1S/C15H26N2O/c1-12(2)11-18-15-7-5-6-14(10-15)17-9-8-16-13(3)4/h5-7,10,12-13,16-17H,8-9,11H2,1-4H3. The lowest BCUT2D eigenvalue weighted by Gasteiger charge is -2.12. The van der Waals surface area contributed by atoms with E-state index in [1.165, 1.54) is 0 Å². The Balaban J connectivity index is 2.34. The fourth-order valence-corrected chi connectivity index (χ4v) is 1.53. The van der Waals surface area contributed by atoms with Crippen LogP contribution in [0.3, 0.4) is 0 Å². The van der Waals surface area contributed by atoms with Crippen LogP contribution in [0.1, 0.15) is 27.7 Å². The van der Waals surface area contributed by atoms with Crippen LogP contribution in [0.5, 0.6) is 5.75 Å². The molecule has 3 heteroatoms. The van der Waals surface area contributed by atoms with E-state index in [2.05, 4.69) is 50.5 Å². The number of nitrogens with one attached hydrogen (secondary N) is 2. The Morgan fingerprint density at radius 3 is 2.56 bits per heavy atom. The Morgan fingerprint density at radius 2 is 1.89 bits per heavy atom. The van der Waals surface area contributed by atoms with Gasteiger partial charge in [0, 0.05) is 30.9 Å². The van der Waals surface area contributed by atoms with Crippen molar-refractivity contribution in [2.45, 2.75) is 33.7 Å². The van der Waals surface area contributed by atoms with Crippen LogP contribution in [0.15, 0.2) is 24.3 Å². The second kappa shape index (κ2) is 7.98. The zero-order valence-electron chi connectivity index (χ0n) is 12.0. The van der Waals surface area contributed by atoms with E-state index < -0.39 is 0 Å². The first-order valence-corrected chi connectivity index (χ1v) is 6.78. The molecule has 0 aliphatic rings. The van der Waals surface area contributed by atoms with E-state index in [1.807, 2.05) is 12.1 Å². The predicted octanol–water partition coefficient (Wildman–Crippen LogP) is 3.13. The summed E-state index contributed by atoms with van der Waals surface area (Å²) in [6.07, 6.45) is 0. The van der Waals surface area contributed by atoms with Gasteiger partial charge in [0.15, 0.2) is 0 Å². The molecule has 0 bridgehead atoms. The van der Waals surface area contributed by atoms with Gasteiger partial charge in [-0.05, 0) is 18.1 Å². The molecule has 2 N–H and O–H groups in total. The molecule has 0 saturated heterocycles.